The lowest BCUT2D eigenvalue weighted by Gasteiger charge is -2.12. The molecule has 0 aromatic carbocycles. The molecule has 0 fully saturated rings. The molecule has 26 heteroatoms. The molecule has 240 valence electrons. The summed E-state index contributed by atoms with van der Waals surface area (Å²) in [5.74, 6) is 1.70. The van der Waals surface area contributed by atoms with Gasteiger partial charge in [0.25, 0.3) is 0 Å². The van der Waals surface area contributed by atoms with Crippen molar-refractivity contribution in [2.75, 3.05) is 99.5 Å². The third-order valence-electron chi connectivity index (χ3n) is 4.88. The molecule has 4 aromatic heterocycles. The van der Waals surface area contributed by atoms with E-state index >= 15 is 0 Å². The molecule has 45 heavy (non-hydrogen) atoms. The normalized spacial score (nSPS) is 10.5. The topological polar surface area (TPSA) is 376 Å². The van der Waals surface area contributed by atoms with Crippen LogP contribution in [0.5, 0.6) is 0 Å². The highest BCUT2D eigenvalue weighted by Crippen LogP contribution is 2.11. The average molecular weight is 630 g/mol. The Morgan fingerprint density at radius 3 is 0.889 bits per heavy atom. The fourth-order valence-electron chi connectivity index (χ4n) is 3.17. The molecular formula is C19H31N23O3. The van der Waals surface area contributed by atoms with Crippen LogP contribution in [0.2, 0.25) is 0 Å². The van der Waals surface area contributed by atoms with Crippen LogP contribution in [0.4, 0.5) is 65.4 Å². The second-order valence-corrected chi connectivity index (χ2v) is 8.11. The molecule has 4 rings (SSSR count). The van der Waals surface area contributed by atoms with Crippen LogP contribution in [0.3, 0.4) is 0 Å². The summed E-state index contributed by atoms with van der Waals surface area (Å²) in [4.78, 5) is 49.2. The standard InChI is InChI=1S/C19H31N23O3/c1-8-31-11(22-2-24-13-33-9(20)35-17(38-13)28-5-43)37-12(32-8)23-3-26-15-40-16(42-19(41-15)30-7-45)27-4-25-14-34-10(21)36-18(39-14)29-6-44/h43-45H,2-7H2,1H3,(H2,22,23,31,32,37)(H4,20,24,28,33,35,38)(H4,21,25,29,34,36,39)(H3,26,27,30,40,41,42). The molecule has 4 aromatic rings. The summed E-state index contributed by atoms with van der Waals surface area (Å²) in [7, 11) is 0. The molecule has 0 radical (unpaired) electrons. The van der Waals surface area contributed by atoms with E-state index in [1.165, 1.54) is 0 Å². The summed E-state index contributed by atoms with van der Waals surface area (Å²) >= 11 is 0. The number of nitrogen functional groups attached to an aromatic ring is 2. The van der Waals surface area contributed by atoms with Gasteiger partial charge < -0.3 is 74.6 Å². The second-order valence-electron chi connectivity index (χ2n) is 8.11. The first kappa shape index (κ1) is 31.7. The molecule has 0 saturated heterocycles. The quantitative estimate of drug-likeness (QED) is 0.0473. The van der Waals surface area contributed by atoms with Crippen molar-refractivity contribution in [2.45, 2.75) is 6.92 Å². The first-order valence-corrected chi connectivity index (χ1v) is 12.8. The molecule has 0 unspecified atom stereocenters. The monoisotopic (exact) mass is 629 g/mol. The Morgan fingerprint density at radius 1 is 0.378 bits per heavy atom. The number of aryl methyl sites for hydroxylation is 1. The predicted molar refractivity (Wildman–Crippen MR) is 161 cm³/mol. The maximum atomic E-state index is 9.28. The molecule has 0 amide bonds. The Kier molecular flexibility index (Phi) is 11.1. The second kappa shape index (κ2) is 15.8. The lowest BCUT2D eigenvalue weighted by Crippen LogP contribution is -2.21. The van der Waals surface area contributed by atoms with Gasteiger partial charge in [0, 0.05) is 0 Å². The minimum atomic E-state index is -0.416. The SMILES string of the molecule is Cc1nc(NCNc2nc(N)nc(NCO)n2)nc(NCNc2nc(NCO)nc(NCNc3nc(N)nc(NCO)n3)n2)n1. The minimum absolute atomic E-state index is 0.0354. The summed E-state index contributed by atoms with van der Waals surface area (Å²) in [6.07, 6.45) is 0. The molecule has 0 atom stereocenters. The summed E-state index contributed by atoms with van der Waals surface area (Å²) in [6.45, 7) is 0.810. The van der Waals surface area contributed by atoms with E-state index in [4.69, 9.17) is 21.7 Å². The van der Waals surface area contributed by atoms with Gasteiger partial charge in [-0.25, -0.2) is 0 Å². The van der Waals surface area contributed by atoms with E-state index in [1.807, 2.05) is 0 Å². The minimum Gasteiger partial charge on any atom is -0.376 e. The third kappa shape index (κ3) is 10.2. The number of hydrogen-bond acceptors (Lipinski definition) is 26. The van der Waals surface area contributed by atoms with Crippen LogP contribution in [0.15, 0.2) is 0 Å². The van der Waals surface area contributed by atoms with Gasteiger partial charge in [-0.1, -0.05) is 0 Å². The first-order valence-electron chi connectivity index (χ1n) is 12.8. The van der Waals surface area contributed by atoms with Crippen molar-refractivity contribution < 1.29 is 15.3 Å². The fourth-order valence-corrected chi connectivity index (χ4v) is 3.17. The van der Waals surface area contributed by atoms with Crippen molar-refractivity contribution in [2.24, 2.45) is 0 Å². The van der Waals surface area contributed by atoms with Crippen LogP contribution in [-0.4, -0.2) is 115 Å². The zero-order valence-electron chi connectivity index (χ0n) is 23.6. The number of nitrogens with one attached hydrogen (secondary N) is 9. The third-order valence-corrected chi connectivity index (χ3v) is 4.88. The summed E-state index contributed by atoms with van der Waals surface area (Å²) in [5, 5.41) is 52.5. The van der Waals surface area contributed by atoms with E-state index in [2.05, 4.69) is 108 Å². The highest BCUT2D eigenvalue weighted by atomic mass is 16.3. The fraction of sp³-hybridized carbons (Fsp3) is 0.368. The van der Waals surface area contributed by atoms with E-state index in [9.17, 15) is 5.11 Å². The van der Waals surface area contributed by atoms with Crippen LogP contribution < -0.4 is 59.3 Å². The van der Waals surface area contributed by atoms with Crippen molar-refractivity contribution in [3.05, 3.63) is 5.82 Å². The largest absolute Gasteiger partial charge is 0.376 e. The van der Waals surface area contributed by atoms with Crippen LogP contribution >= 0.6 is 0 Å². The van der Waals surface area contributed by atoms with Crippen molar-refractivity contribution in [3.8, 4) is 0 Å². The predicted octanol–water partition coefficient (Wildman–Crippen LogP) is -3.57. The van der Waals surface area contributed by atoms with E-state index in [0.717, 1.165) is 0 Å². The highest BCUT2D eigenvalue weighted by molar-refractivity contribution is 5.45. The Labute approximate surface area is 253 Å². The smallest absolute Gasteiger partial charge is 0.231 e. The number of aliphatic hydroxyl groups excluding tert-OH is 3. The number of nitrogens with two attached hydrogens (primary N) is 2. The van der Waals surface area contributed by atoms with Crippen molar-refractivity contribution in [1.82, 2.24) is 59.8 Å². The lowest BCUT2D eigenvalue weighted by molar-refractivity contribution is 0.324. The van der Waals surface area contributed by atoms with Gasteiger partial charge >= 0.3 is 0 Å². The van der Waals surface area contributed by atoms with E-state index in [1.54, 1.807) is 6.92 Å². The van der Waals surface area contributed by atoms with Crippen molar-refractivity contribution in [3.63, 3.8) is 0 Å². The van der Waals surface area contributed by atoms with Gasteiger partial charge in [0.05, 0.1) is 20.0 Å². The van der Waals surface area contributed by atoms with Gasteiger partial charge in [-0.2, -0.15) is 59.8 Å². The number of hydrogen-bond donors (Lipinski definition) is 14. The molecule has 0 aliphatic heterocycles. The first-order chi connectivity index (χ1) is 21.8. The van der Waals surface area contributed by atoms with Gasteiger partial charge in [0.1, 0.15) is 26.0 Å². The zero-order chi connectivity index (χ0) is 32.0. The van der Waals surface area contributed by atoms with Gasteiger partial charge in [-0.15, -0.1) is 0 Å². The molecule has 0 aliphatic carbocycles. The van der Waals surface area contributed by atoms with Gasteiger partial charge in [0.2, 0.25) is 65.4 Å². The van der Waals surface area contributed by atoms with Crippen molar-refractivity contribution in [1.29, 1.82) is 0 Å². The summed E-state index contributed by atoms with van der Waals surface area (Å²) < 4.78 is 0. The number of aromatic nitrogens is 12. The molecule has 0 saturated carbocycles. The van der Waals surface area contributed by atoms with Crippen LogP contribution in [0, 0.1) is 6.92 Å². The Hall–Kier alpha value is -6.28. The number of aliphatic hydroxyl groups is 3. The van der Waals surface area contributed by atoms with Crippen molar-refractivity contribution >= 4 is 65.4 Å². The molecular weight excluding hydrogens is 598 g/mol. The van der Waals surface area contributed by atoms with Gasteiger partial charge in [0.15, 0.2) is 0 Å². The van der Waals surface area contributed by atoms with E-state index in [0.29, 0.717) is 5.82 Å². The van der Waals surface area contributed by atoms with Crippen LogP contribution in [0.1, 0.15) is 5.82 Å². The Balaban J connectivity index is 1.31. The van der Waals surface area contributed by atoms with E-state index < -0.39 is 6.73 Å². The maximum absolute atomic E-state index is 9.28. The van der Waals surface area contributed by atoms with E-state index in [-0.39, 0.29) is 98.9 Å². The molecule has 26 nitrogen and oxygen atoms in total. The van der Waals surface area contributed by atoms with Crippen LogP contribution in [0.25, 0.3) is 0 Å². The Bertz CT molecular complexity index is 1540. The van der Waals surface area contributed by atoms with Crippen LogP contribution in [-0.2, 0) is 0 Å². The molecule has 0 aliphatic rings. The number of rotatable bonds is 18. The lowest BCUT2D eigenvalue weighted by atomic mass is 10.6. The molecule has 16 N–H and O–H groups in total. The number of nitrogens with zero attached hydrogens (tertiary/aromatic N) is 12. The Morgan fingerprint density at radius 2 is 0.600 bits per heavy atom. The molecule has 4 heterocycles. The maximum Gasteiger partial charge on any atom is 0.231 e. The summed E-state index contributed by atoms with van der Waals surface area (Å²) in [5.41, 5.74) is 11.3. The molecule has 0 spiro atoms. The van der Waals surface area contributed by atoms with Gasteiger partial charge in [-0.3, -0.25) is 0 Å². The summed E-state index contributed by atoms with van der Waals surface area (Å²) in [6, 6.07) is 0. The molecule has 0 bridgehead atoms. The zero-order valence-corrected chi connectivity index (χ0v) is 23.6. The number of anilines is 11. The van der Waals surface area contributed by atoms with Gasteiger partial charge in [-0.05, 0) is 6.92 Å². The highest BCUT2D eigenvalue weighted by Gasteiger charge is 2.09. The average Bonchev–Trinajstić information content (AvgIpc) is 2.97.